The summed E-state index contributed by atoms with van der Waals surface area (Å²) in [5, 5.41) is 20.7. The van der Waals surface area contributed by atoms with Gasteiger partial charge in [0.2, 0.25) is 0 Å². The molecule has 2 aliphatic rings. The summed E-state index contributed by atoms with van der Waals surface area (Å²) in [7, 11) is -4.23. The monoisotopic (exact) mass is 390 g/mol. The van der Waals surface area contributed by atoms with Gasteiger partial charge in [-0.3, -0.25) is 4.79 Å². The minimum absolute atomic E-state index is 0.179. The molecule has 1 aromatic carbocycles. The maximum absolute atomic E-state index is 12.4. The van der Waals surface area contributed by atoms with Crippen molar-refractivity contribution in [3.05, 3.63) is 47.8 Å². The van der Waals surface area contributed by atoms with Gasteiger partial charge >= 0.3 is 16.2 Å². The fraction of sp³-hybridized carbons (Fsp3) is 0.294. The van der Waals surface area contributed by atoms with E-state index in [1.165, 1.54) is 6.07 Å². The summed E-state index contributed by atoms with van der Waals surface area (Å²) >= 11 is 0. The lowest BCUT2D eigenvalue weighted by molar-refractivity contribution is 0.0689. The summed E-state index contributed by atoms with van der Waals surface area (Å²) in [6.07, 6.45) is 1.09. The molecule has 1 aliphatic carbocycles. The standard InChI is InChI=1S/C17H18N4O5S/c18-27(25,26)21-6-5-11(15(21)17(23)24)9-1-3-10(4-2-9)16(22)20-14-12-7-19-8-13(12)14/h1-6,12-14,19H,7-8H2,(H,20,22)(H,23,24)(H2,18,25,26). The molecule has 27 heavy (non-hydrogen) atoms. The number of benzene rings is 1. The highest BCUT2D eigenvalue weighted by molar-refractivity contribution is 7.87. The van der Waals surface area contributed by atoms with E-state index in [9.17, 15) is 23.1 Å². The number of aromatic carboxylic acids is 1. The van der Waals surface area contributed by atoms with E-state index in [1.807, 2.05) is 0 Å². The van der Waals surface area contributed by atoms with Crippen LogP contribution in [-0.2, 0) is 10.2 Å². The molecule has 0 spiro atoms. The van der Waals surface area contributed by atoms with Crippen LogP contribution in [-0.4, -0.2) is 48.5 Å². The van der Waals surface area contributed by atoms with Gasteiger partial charge in [0, 0.05) is 36.5 Å². The summed E-state index contributed by atoms with van der Waals surface area (Å²) < 4.78 is 23.6. The maximum atomic E-state index is 12.4. The lowest BCUT2D eigenvalue weighted by Crippen LogP contribution is -2.32. The number of fused-ring (bicyclic) bond motifs is 1. The van der Waals surface area contributed by atoms with E-state index >= 15 is 0 Å². The third kappa shape index (κ3) is 3.11. The van der Waals surface area contributed by atoms with Crippen molar-refractivity contribution in [2.75, 3.05) is 13.1 Å². The van der Waals surface area contributed by atoms with E-state index in [0.29, 0.717) is 26.9 Å². The van der Waals surface area contributed by atoms with Crippen LogP contribution >= 0.6 is 0 Å². The van der Waals surface area contributed by atoms with E-state index in [4.69, 9.17) is 5.14 Å². The normalized spacial score (nSPS) is 23.7. The Hall–Kier alpha value is -2.69. The quantitative estimate of drug-likeness (QED) is 0.559. The van der Waals surface area contributed by atoms with Crippen molar-refractivity contribution in [1.82, 2.24) is 14.6 Å². The number of nitrogens with two attached hydrogens (primary N) is 1. The molecule has 2 heterocycles. The Balaban J connectivity index is 1.57. The molecule has 10 heteroatoms. The van der Waals surface area contributed by atoms with Gasteiger partial charge in [0.25, 0.3) is 5.91 Å². The van der Waals surface area contributed by atoms with Gasteiger partial charge in [0.15, 0.2) is 5.69 Å². The van der Waals surface area contributed by atoms with Gasteiger partial charge in [-0.05, 0) is 35.6 Å². The van der Waals surface area contributed by atoms with Crippen molar-refractivity contribution in [3.8, 4) is 11.1 Å². The fourth-order valence-corrected chi connectivity index (χ4v) is 4.40. The van der Waals surface area contributed by atoms with Gasteiger partial charge in [-0.1, -0.05) is 12.1 Å². The lowest BCUT2D eigenvalue weighted by atomic mass is 10.0. The number of aromatic nitrogens is 1. The average molecular weight is 390 g/mol. The van der Waals surface area contributed by atoms with E-state index in [-0.39, 0.29) is 17.5 Å². The van der Waals surface area contributed by atoms with Crippen molar-refractivity contribution >= 4 is 22.1 Å². The van der Waals surface area contributed by atoms with Crippen LogP contribution < -0.4 is 15.8 Å². The Morgan fingerprint density at radius 2 is 1.78 bits per heavy atom. The molecule has 2 atom stereocenters. The van der Waals surface area contributed by atoms with Crippen molar-refractivity contribution in [3.63, 3.8) is 0 Å². The Morgan fingerprint density at radius 3 is 2.33 bits per heavy atom. The topological polar surface area (TPSA) is 144 Å². The van der Waals surface area contributed by atoms with Gasteiger partial charge in [-0.15, -0.1) is 0 Å². The molecule has 9 nitrogen and oxygen atoms in total. The summed E-state index contributed by atoms with van der Waals surface area (Å²) in [5.41, 5.74) is 0.678. The summed E-state index contributed by atoms with van der Waals surface area (Å²) in [5.74, 6) is -0.588. The number of hydrogen-bond acceptors (Lipinski definition) is 5. The van der Waals surface area contributed by atoms with Crippen molar-refractivity contribution < 1.29 is 23.1 Å². The molecule has 2 fully saturated rings. The number of hydrogen-bond donors (Lipinski definition) is 4. The number of carboxylic acid groups (broad SMARTS) is 1. The smallest absolute Gasteiger partial charge is 0.354 e. The molecule has 1 amide bonds. The van der Waals surface area contributed by atoms with Gasteiger partial charge in [0.05, 0.1) is 0 Å². The predicted molar refractivity (Wildman–Crippen MR) is 96.4 cm³/mol. The molecule has 2 unspecified atom stereocenters. The number of carbonyl (C=O) groups is 2. The molecule has 0 radical (unpaired) electrons. The first-order chi connectivity index (χ1) is 12.8. The summed E-state index contributed by atoms with van der Waals surface area (Å²) in [6.45, 7) is 1.85. The van der Waals surface area contributed by atoms with Crippen molar-refractivity contribution in [2.45, 2.75) is 6.04 Å². The molecule has 1 saturated heterocycles. The molecule has 2 aromatic rings. The van der Waals surface area contributed by atoms with Gasteiger partial charge in [-0.25, -0.2) is 13.9 Å². The van der Waals surface area contributed by atoms with Gasteiger partial charge < -0.3 is 15.7 Å². The highest BCUT2D eigenvalue weighted by Gasteiger charge is 2.53. The molecular formula is C17H18N4O5S. The maximum Gasteiger partial charge on any atom is 0.354 e. The van der Waals surface area contributed by atoms with Crippen LogP contribution in [0.5, 0.6) is 0 Å². The Labute approximate surface area is 155 Å². The molecule has 1 aromatic heterocycles. The number of nitrogens with zero attached hydrogens (tertiary/aromatic N) is 1. The van der Waals surface area contributed by atoms with Crippen LogP contribution in [0.2, 0.25) is 0 Å². The zero-order chi connectivity index (χ0) is 19.3. The molecule has 4 rings (SSSR count). The summed E-state index contributed by atoms with van der Waals surface area (Å²) in [6, 6.07) is 7.91. The van der Waals surface area contributed by atoms with Crippen molar-refractivity contribution in [2.24, 2.45) is 17.0 Å². The molecule has 5 N–H and O–H groups in total. The number of nitrogens with one attached hydrogen (secondary N) is 2. The predicted octanol–water partition coefficient (Wildman–Crippen LogP) is -0.147. The molecular weight excluding hydrogens is 372 g/mol. The van der Waals surface area contributed by atoms with E-state index in [2.05, 4.69) is 10.6 Å². The number of rotatable bonds is 5. The number of amides is 1. The molecule has 0 bridgehead atoms. The van der Waals surface area contributed by atoms with Crippen LogP contribution in [0.25, 0.3) is 11.1 Å². The van der Waals surface area contributed by atoms with Crippen molar-refractivity contribution in [1.29, 1.82) is 0 Å². The first-order valence-corrected chi connectivity index (χ1v) is 9.87. The first kappa shape index (κ1) is 17.7. The van der Waals surface area contributed by atoms with Crippen LogP contribution in [0, 0.1) is 11.8 Å². The summed E-state index contributed by atoms with van der Waals surface area (Å²) in [4.78, 5) is 23.9. The zero-order valence-electron chi connectivity index (χ0n) is 14.1. The number of carboxylic acids is 1. The second-order valence-corrected chi connectivity index (χ2v) is 8.21. The SMILES string of the molecule is NS(=O)(=O)n1ccc(-c2ccc(C(=O)NC3C4CNCC43)cc2)c1C(=O)O. The van der Waals surface area contributed by atoms with Crippen LogP contribution in [0.3, 0.4) is 0 Å². The second-order valence-electron chi connectivity index (χ2n) is 6.79. The Bertz CT molecular complexity index is 1020. The first-order valence-electron chi connectivity index (χ1n) is 8.37. The highest BCUT2D eigenvalue weighted by Crippen LogP contribution is 2.41. The van der Waals surface area contributed by atoms with Crippen LogP contribution in [0.1, 0.15) is 20.8 Å². The fourth-order valence-electron chi connectivity index (χ4n) is 3.74. The minimum atomic E-state index is -4.23. The average Bonchev–Trinajstić information content (AvgIpc) is 3.01. The van der Waals surface area contributed by atoms with Gasteiger partial charge in [0.1, 0.15) is 0 Å². The van der Waals surface area contributed by atoms with Crippen LogP contribution in [0.4, 0.5) is 0 Å². The Kier molecular flexibility index (Phi) is 4.06. The Morgan fingerprint density at radius 1 is 1.15 bits per heavy atom. The molecule has 142 valence electrons. The van der Waals surface area contributed by atoms with E-state index in [1.54, 1.807) is 24.3 Å². The third-order valence-corrected chi connectivity index (χ3v) is 6.03. The second kappa shape index (κ2) is 6.19. The number of piperidine rings is 1. The molecule has 1 aliphatic heterocycles. The highest BCUT2D eigenvalue weighted by atomic mass is 32.2. The van der Waals surface area contributed by atoms with E-state index in [0.717, 1.165) is 19.3 Å². The molecule has 1 saturated carbocycles. The minimum Gasteiger partial charge on any atom is -0.477 e. The zero-order valence-corrected chi connectivity index (χ0v) is 14.9. The van der Waals surface area contributed by atoms with Crippen LogP contribution in [0.15, 0.2) is 36.5 Å². The lowest BCUT2D eigenvalue weighted by Gasteiger charge is -2.09. The van der Waals surface area contributed by atoms with Gasteiger partial charge in [-0.2, -0.15) is 8.42 Å². The third-order valence-electron chi connectivity index (χ3n) is 5.18. The van der Waals surface area contributed by atoms with E-state index < -0.39 is 21.9 Å². The largest absolute Gasteiger partial charge is 0.477 e. The number of carbonyl (C=O) groups excluding carboxylic acids is 1.